The number of carbonyl (C=O) groups is 1. The van der Waals surface area contributed by atoms with Gasteiger partial charge in [0, 0.05) is 47.3 Å². The van der Waals surface area contributed by atoms with E-state index in [1.807, 2.05) is 12.1 Å². The Hall–Kier alpha value is -5.04. The summed E-state index contributed by atoms with van der Waals surface area (Å²) in [7, 11) is 3.10. The number of nitrogens with one attached hydrogen (secondary N) is 1. The normalized spacial score (nSPS) is 10.4. The largest absolute Gasteiger partial charge is 0.493 e. The van der Waals surface area contributed by atoms with Crippen LogP contribution in [0.5, 0.6) is 11.5 Å². The Balaban J connectivity index is 1.68. The van der Waals surface area contributed by atoms with Gasteiger partial charge in [-0.05, 0) is 35.9 Å². The Kier molecular flexibility index (Phi) is 7.54. The number of fused-ring (bicyclic) bond motifs is 1. The number of nitrogens with two attached hydrogens (primary N) is 2. The molecule has 0 atom stereocenters. The second-order valence-corrected chi connectivity index (χ2v) is 8.06. The van der Waals surface area contributed by atoms with Crippen LogP contribution in [-0.2, 0) is 22.4 Å². The summed E-state index contributed by atoms with van der Waals surface area (Å²) in [6, 6.07) is 9.03. The fourth-order valence-electron chi connectivity index (χ4n) is 3.89. The number of nitrogens with zero attached hydrogens (tertiary/aromatic N) is 2. The first-order chi connectivity index (χ1) is 17.9. The van der Waals surface area contributed by atoms with Crippen LogP contribution in [0, 0.1) is 11.8 Å². The highest BCUT2D eigenvalue weighted by atomic mass is 16.5. The highest BCUT2D eigenvalue weighted by Gasteiger charge is 2.13. The number of aromatic amines is 1. The van der Waals surface area contributed by atoms with Crippen molar-refractivity contribution >= 4 is 29.1 Å². The van der Waals surface area contributed by atoms with E-state index < -0.39 is 0 Å². The van der Waals surface area contributed by atoms with E-state index in [-0.39, 0.29) is 18.0 Å². The van der Waals surface area contributed by atoms with Gasteiger partial charge in [0.2, 0.25) is 5.95 Å². The molecular formula is C27H25N5O5. The molecule has 0 saturated carbocycles. The van der Waals surface area contributed by atoms with Crippen molar-refractivity contribution in [3.8, 4) is 23.3 Å². The highest BCUT2D eigenvalue weighted by Crippen LogP contribution is 2.33. The van der Waals surface area contributed by atoms with Gasteiger partial charge in [-0.3, -0.25) is 9.59 Å². The number of hydrogen-bond acceptors (Lipinski definition) is 9. The number of anilines is 2. The lowest BCUT2D eigenvalue weighted by Gasteiger charge is -2.13. The van der Waals surface area contributed by atoms with Gasteiger partial charge in [0.1, 0.15) is 5.82 Å². The molecule has 10 heteroatoms. The smallest absolute Gasteiger partial charge is 0.293 e. The summed E-state index contributed by atoms with van der Waals surface area (Å²) in [6.07, 6.45) is 3.99. The minimum absolute atomic E-state index is 0.111. The number of H-pyrrole nitrogens is 1. The minimum atomic E-state index is -0.118. The van der Waals surface area contributed by atoms with Crippen LogP contribution in [-0.4, -0.2) is 42.3 Å². The molecule has 0 amide bonds. The number of rotatable bonds is 8. The second kappa shape index (κ2) is 11.1. The van der Waals surface area contributed by atoms with E-state index in [0.717, 1.165) is 11.1 Å². The summed E-state index contributed by atoms with van der Waals surface area (Å²) >= 11 is 0. The van der Waals surface area contributed by atoms with Crippen LogP contribution in [0.2, 0.25) is 0 Å². The van der Waals surface area contributed by atoms with Gasteiger partial charge in [-0.1, -0.05) is 11.8 Å². The molecule has 0 spiro atoms. The average molecular weight is 500 g/mol. The third-order valence-electron chi connectivity index (χ3n) is 5.71. The zero-order valence-corrected chi connectivity index (χ0v) is 20.3. The summed E-state index contributed by atoms with van der Waals surface area (Å²) in [6.45, 7) is 0.506. The molecule has 37 heavy (non-hydrogen) atoms. The first-order valence-electron chi connectivity index (χ1n) is 11.3. The van der Waals surface area contributed by atoms with E-state index in [1.54, 1.807) is 44.8 Å². The molecule has 2 aromatic carbocycles. The summed E-state index contributed by atoms with van der Waals surface area (Å²) in [5.74, 6) is 7.72. The van der Waals surface area contributed by atoms with Gasteiger partial charge < -0.3 is 30.7 Å². The number of nitrogen functional groups attached to an aromatic ring is 2. The molecule has 0 aliphatic rings. The lowest BCUT2D eigenvalue weighted by Crippen LogP contribution is -2.12. The fraction of sp³-hybridized carbons (Fsp3) is 0.185. The molecular weight excluding hydrogens is 474 g/mol. The molecule has 0 radical (unpaired) electrons. The molecule has 2 aromatic heterocycles. The van der Waals surface area contributed by atoms with Crippen LogP contribution in [0.15, 0.2) is 47.5 Å². The number of methoxy groups -OCH3 is 2. The summed E-state index contributed by atoms with van der Waals surface area (Å²) in [5, 5.41) is 0.527. The van der Waals surface area contributed by atoms with E-state index in [2.05, 4.69) is 26.8 Å². The van der Waals surface area contributed by atoms with Gasteiger partial charge in [0.25, 0.3) is 6.47 Å². The van der Waals surface area contributed by atoms with Crippen molar-refractivity contribution in [1.82, 2.24) is 15.0 Å². The van der Waals surface area contributed by atoms with Crippen molar-refractivity contribution in [1.29, 1.82) is 0 Å². The molecule has 2 heterocycles. The zero-order chi connectivity index (χ0) is 26.4. The monoisotopic (exact) mass is 499 g/mol. The van der Waals surface area contributed by atoms with E-state index >= 15 is 0 Å². The van der Waals surface area contributed by atoms with Crippen LogP contribution < -0.4 is 26.4 Å². The van der Waals surface area contributed by atoms with Crippen molar-refractivity contribution in [3.05, 3.63) is 80.8 Å². The van der Waals surface area contributed by atoms with Gasteiger partial charge in [-0.25, -0.2) is 4.98 Å². The summed E-state index contributed by atoms with van der Waals surface area (Å²) < 4.78 is 15.8. The summed E-state index contributed by atoms with van der Waals surface area (Å²) in [5.41, 5.74) is 15.6. The molecule has 4 aromatic rings. The number of hydrogen-bond donors (Lipinski definition) is 3. The Morgan fingerprint density at radius 3 is 2.65 bits per heavy atom. The lowest BCUT2D eigenvalue weighted by molar-refractivity contribution is -0.128. The number of ether oxygens (including phenoxy) is 3. The van der Waals surface area contributed by atoms with Crippen molar-refractivity contribution in [2.24, 2.45) is 0 Å². The average Bonchev–Trinajstić information content (AvgIpc) is 2.90. The first-order valence-corrected chi connectivity index (χ1v) is 11.3. The highest BCUT2D eigenvalue weighted by molar-refractivity contribution is 5.80. The standard InChI is InChI=1S/C27H25N5O5/c1-35-23-12-17(10-20-14-31-27(29)32-26(20)28)9-18(25(23)36-2)5-3-16-4-6-21-22(11-16)30-13-19(24(21)34)7-8-37-15-33/h4,6,9,11-15H,7-8,10H2,1-2H3,(H,30,34)(H4,28,29,31,32). The van der Waals surface area contributed by atoms with E-state index in [4.69, 9.17) is 25.7 Å². The van der Waals surface area contributed by atoms with Crippen LogP contribution in [0.25, 0.3) is 10.9 Å². The van der Waals surface area contributed by atoms with E-state index in [1.165, 1.54) is 0 Å². The zero-order valence-electron chi connectivity index (χ0n) is 20.3. The van der Waals surface area contributed by atoms with Crippen molar-refractivity contribution in [2.75, 3.05) is 32.3 Å². The second-order valence-electron chi connectivity index (χ2n) is 8.06. The van der Waals surface area contributed by atoms with Gasteiger partial charge in [-0.2, -0.15) is 4.98 Å². The van der Waals surface area contributed by atoms with E-state index in [9.17, 15) is 9.59 Å². The van der Waals surface area contributed by atoms with E-state index in [0.29, 0.717) is 64.2 Å². The van der Waals surface area contributed by atoms with Gasteiger partial charge in [0.05, 0.1) is 31.9 Å². The van der Waals surface area contributed by atoms with Crippen molar-refractivity contribution < 1.29 is 19.0 Å². The van der Waals surface area contributed by atoms with Crippen LogP contribution in [0.4, 0.5) is 11.8 Å². The molecule has 5 N–H and O–H groups in total. The van der Waals surface area contributed by atoms with Gasteiger partial charge in [-0.15, -0.1) is 0 Å². The maximum Gasteiger partial charge on any atom is 0.293 e. The van der Waals surface area contributed by atoms with Crippen molar-refractivity contribution in [2.45, 2.75) is 12.8 Å². The summed E-state index contributed by atoms with van der Waals surface area (Å²) in [4.78, 5) is 34.2. The third-order valence-corrected chi connectivity index (χ3v) is 5.71. The molecule has 0 saturated heterocycles. The topological polar surface area (TPSA) is 155 Å². The quantitative estimate of drug-likeness (QED) is 0.188. The Bertz CT molecular complexity index is 1590. The van der Waals surface area contributed by atoms with Crippen molar-refractivity contribution in [3.63, 3.8) is 0 Å². The molecule has 0 fully saturated rings. The molecule has 4 rings (SSSR count). The van der Waals surface area contributed by atoms with Gasteiger partial charge >= 0.3 is 0 Å². The molecule has 0 aliphatic carbocycles. The number of pyridine rings is 1. The SMILES string of the molecule is COc1cc(Cc2cnc(N)nc2N)cc(C#Cc2ccc3c(=O)c(CCOC=O)c[nH]c3c2)c1OC. The molecule has 188 valence electrons. The predicted octanol–water partition coefficient (Wildman–Crippen LogP) is 2.21. The first kappa shape index (κ1) is 25.1. The predicted molar refractivity (Wildman–Crippen MR) is 139 cm³/mol. The van der Waals surface area contributed by atoms with Crippen LogP contribution in [0.1, 0.15) is 27.8 Å². The Morgan fingerprint density at radius 1 is 1.08 bits per heavy atom. The molecule has 0 aliphatic heterocycles. The lowest BCUT2D eigenvalue weighted by atomic mass is 10.0. The molecule has 0 bridgehead atoms. The Morgan fingerprint density at radius 2 is 1.92 bits per heavy atom. The van der Waals surface area contributed by atoms with Crippen LogP contribution >= 0.6 is 0 Å². The number of carbonyl (C=O) groups excluding carboxylic acids is 1. The molecule has 0 unspecified atom stereocenters. The fourth-order valence-corrected chi connectivity index (χ4v) is 3.89. The maximum atomic E-state index is 12.7. The third kappa shape index (κ3) is 5.62. The Labute approximate surface area is 212 Å². The minimum Gasteiger partial charge on any atom is -0.493 e. The number of benzene rings is 2. The number of aromatic nitrogens is 3. The van der Waals surface area contributed by atoms with Gasteiger partial charge in [0.15, 0.2) is 16.9 Å². The molecule has 10 nitrogen and oxygen atoms in total. The maximum absolute atomic E-state index is 12.7. The van der Waals surface area contributed by atoms with Crippen LogP contribution in [0.3, 0.4) is 0 Å².